The molecular weight excluding hydrogens is 339 g/mol. The summed E-state index contributed by atoms with van der Waals surface area (Å²) in [5.74, 6) is -0.0901. The molecule has 1 aromatic carbocycles. The van der Waals surface area contributed by atoms with Crippen LogP contribution in [0.5, 0.6) is 0 Å². The third kappa shape index (κ3) is 3.51. The molecule has 1 aliphatic rings. The van der Waals surface area contributed by atoms with Crippen molar-refractivity contribution in [3.05, 3.63) is 52.4 Å². The van der Waals surface area contributed by atoms with Gasteiger partial charge in [-0.05, 0) is 30.3 Å². The van der Waals surface area contributed by atoms with Gasteiger partial charge in [-0.3, -0.25) is 9.59 Å². The van der Waals surface area contributed by atoms with Crippen molar-refractivity contribution in [2.24, 2.45) is 5.92 Å². The van der Waals surface area contributed by atoms with Crippen molar-refractivity contribution in [2.75, 3.05) is 11.4 Å². The van der Waals surface area contributed by atoms with Crippen molar-refractivity contribution in [3.8, 4) is 0 Å². The van der Waals surface area contributed by atoms with E-state index in [9.17, 15) is 9.59 Å². The van der Waals surface area contributed by atoms with E-state index in [4.69, 9.17) is 27.6 Å². The Labute approximate surface area is 143 Å². The lowest BCUT2D eigenvalue weighted by Crippen LogP contribution is -2.32. The Kier molecular flexibility index (Phi) is 4.59. The largest absolute Gasteiger partial charge is 0.467 e. The van der Waals surface area contributed by atoms with Crippen molar-refractivity contribution in [1.29, 1.82) is 0 Å². The van der Waals surface area contributed by atoms with Gasteiger partial charge in [0.05, 0.1) is 29.4 Å². The van der Waals surface area contributed by atoms with E-state index in [-0.39, 0.29) is 24.8 Å². The molecule has 0 radical (unpaired) electrons. The molecule has 7 heteroatoms. The first-order valence-electron chi connectivity index (χ1n) is 7.10. The second kappa shape index (κ2) is 6.64. The van der Waals surface area contributed by atoms with Gasteiger partial charge in [-0.2, -0.15) is 0 Å². The minimum Gasteiger partial charge on any atom is -0.467 e. The van der Waals surface area contributed by atoms with Gasteiger partial charge < -0.3 is 14.6 Å². The van der Waals surface area contributed by atoms with E-state index in [0.717, 1.165) is 0 Å². The molecular formula is C16H14Cl2N2O3. The molecule has 1 aromatic heterocycles. The summed E-state index contributed by atoms with van der Waals surface area (Å²) < 4.78 is 5.16. The standard InChI is InChI=1S/C16H14Cl2N2O3/c17-11-3-4-13(18)14(7-11)20-9-10(6-15(20)21)16(22)19-8-12-2-1-5-23-12/h1-5,7,10H,6,8-9H2,(H,19,22)/t10-/m1/s1. The summed E-state index contributed by atoms with van der Waals surface area (Å²) >= 11 is 12.1. The van der Waals surface area contributed by atoms with Crippen LogP contribution in [0.1, 0.15) is 12.2 Å². The van der Waals surface area contributed by atoms with Crippen molar-refractivity contribution < 1.29 is 14.0 Å². The maximum atomic E-state index is 12.2. The van der Waals surface area contributed by atoms with Gasteiger partial charge in [0, 0.05) is 18.0 Å². The minimum atomic E-state index is -0.424. The first kappa shape index (κ1) is 15.9. The van der Waals surface area contributed by atoms with Gasteiger partial charge in [0.25, 0.3) is 0 Å². The van der Waals surface area contributed by atoms with Crippen molar-refractivity contribution >= 4 is 40.7 Å². The maximum Gasteiger partial charge on any atom is 0.227 e. The zero-order valence-electron chi connectivity index (χ0n) is 12.1. The summed E-state index contributed by atoms with van der Waals surface area (Å²) in [6.07, 6.45) is 1.69. The first-order valence-corrected chi connectivity index (χ1v) is 7.85. The number of rotatable bonds is 4. The summed E-state index contributed by atoms with van der Waals surface area (Å²) in [7, 11) is 0. The van der Waals surface area contributed by atoms with E-state index in [0.29, 0.717) is 28.0 Å². The Morgan fingerprint density at radius 3 is 2.91 bits per heavy atom. The predicted octanol–water partition coefficient (Wildman–Crippen LogP) is 3.26. The molecule has 2 heterocycles. The minimum absolute atomic E-state index is 0.146. The van der Waals surface area contributed by atoms with Gasteiger partial charge in [-0.15, -0.1) is 0 Å². The molecule has 2 amide bonds. The van der Waals surface area contributed by atoms with Gasteiger partial charge in [0.1, 0.15) is 5.76 Å². The third-order valence-electron chi connectivity index (χ3n) is 3.71. The number of anilines is 1. The number of hydrogen-bond donors (Lipinski definition) is 1. The highest BCUT2D eigenvalue weighted by atomic mass is 35.5. The molecule has 23 heavy (non-hydrogen) atoms. The Hall–Kier alpha value is -1.98. The highest BCUT2D eigenvalue weighted by Gasteiger charge is 2.35. The van der Waals surface area contributed by atoms with Crippen LogP contribution in [-0.4, -0.2) is 18.4 Å². The van der Waals surface area contributed by atoms with Crippen LogP contribution in [0.4, 0.5) is 5.69 Å². The molecule has 1 saturated heterocycles. The van der Waals surface area contributed by atoms with Gasteiger partial charge in [-0.1, -0.05) is 23.2 Å². The van der Waals surface area contributed by atoms with Gasteiger partial charge in [0.2, 0.25) is 11.8 Å². The van der Waals surface area contributed by atoms with E-state index in [1.54, 1.807) is 36.6 Å². The van der Waals surface area contributed by atoms with E-state index in [2.05, 4.69) is 5.32 Å². The normalized spacial score (nSPS) is 17.6. The number of benzene rings is 1. The summed E-state index contributed by atoms with van der Waals surface area (Å²) in [5, 5.41) is 3.69. The fraction of sp³-hybridized carbons (Fsp3) is 0.250. The SMILES string of the molecule is O=C(NCc1ccco1)[C@@H]1CC(=O)N(c2cc(Cl)ccc2Cl)C1. The van der Waals surface area contributed by atoms with E-state index < -0.39 is 5.92 Å². The number of nitrogens with one attached hydrogen (secondary N) is 1. The third-order valence-corrected chi connectivity index (χ3v) is 4.27. The summed E-state index contributed by atoms with van der Waals surface area (Å²) in [6, 6.07) is 8.45. The van der Waals surface area contributed by atoms with E-state index >= 15 is 0 Å². The summed E-state index contributed by atoms with van der Waals surface area (Å²) in [5.41, 5.74) is 0.533. The average molecular weight is 353 g/mol. The molecule has 0 aliphatic carbocycles. The van der Waals surface area contributed by atoms with Crippen LogP contribution in [0.3, 0.4) is 0 Å². The number of halogens is 2. The quantitative estimate of drug-likeness (QED) is 0.918. The Bertz CT molecular complexity index is 731. The zero-order valence-corrected chi connectivity index (χ0v) is 13.6. The van der Waals surface area contributed by atoms with Crippen LogP contribution in [0.15, 0.2) is 41.0 Å². The second-order valence-electron chi connectivity index (χ2n) is 5.30. The zero-order chi connectivity index (χ0) is 16.4. The second-order valence-corrected chi connectivity index (χ2v) is 6.14. The molecule has 0 saturated carbocycles. The lowest BCUT2D eigenvalue weighted by Gasteiger charge is -2.18. The number of carbonyl (C=O) groups is 2. The molecule has 3 rings (SSSR count). The van der Waals surface area contributed by atoms with Crippen LogP contribution in [0, 0.1) is 5.92 Å². The lowest BCUT2D eigenvalue weighted by molar-refractivity contribution is -0.126. The van der Waals surface area contributed by atoms with Crippen LogP contribution in [-0.2, 0) is 16.1 Å². The molecule has 0 bridgehead atoms. The highest BCUT2D eigenvalue weighted by Crippen LogP contribution is 2.33. The summed E-state index contributed by atoms with van der Waals surface area (Å²) in [4.78, 5) is 25.9. The van der Waals surface area contributed by atoms with E-state index in [1.165, 1.54) is 4.90 Å². The highest BCUT2D eigenvalue weighted by molar-refractivity contribution is 6.35. The molecule has 2 aromatic rings. The monoisotopic (exact) mass is 352 g/mol. The number of amides is 2. The van der Waals surface area contributed by atoms with Crippen molar-refractivity contribution in [2.45, 2.75) is 13.0 Å². The van der Waals surface area contributed by atoms with Crippen LogP contribution < -0.4 is 10.2 Å². The molecule has 1 atom stereocenters. The van der Waals surface area contributed by atoms with Crippen LogP contribution in [0.25, 0.3) is 0 Å². The molecule has 5 nitrogen and oxygen atoms in total. The molecule has 1 N–H and O–H groups in total. The lowest BCUT2D eigenvalue weighted by atomic mass is 10.1. The Morgan fingerprint density at radius 2 is 2.17 bits per heavy atom. The van der Waals surface area contributed by atoms with E-state index in [1.807, 2.05) is 0 Å². The van der Waals surface area contributed by atoms with Crippen LogP contribution >= 0.6 is 23.2 Å². The number of hydrogen-bond acceptors (Lipinski definition) is 3. The average Bonchev–Trinajstić information content (AvgIpc) is 3.17. The Morgan fingerprint density at radius 1 is 1.35 bits per heavy atom. The van der Waals surface area contributed by atoms with Crippen LogP contribution in [0.2, 0.25) is 10.0 Å². The Balaban J connectivity index is 1.67. The molecule has 1 fully saturated rings. The topological polar surface area (TPSA) is 62.6 Å². The smallest absolute Gasteiger partial charge is 0.227 e. The van der Waals surface area contributed by atoms with Crippen molar-refractivity contribution in [3.63, 3.8) is 0 Å². The number of nitrogens with zero attached hydrogens (tertiary/aromatic N) is 1. The predicted molar refractivity (Wildman–Crippen MR) is 87.5 cm³/mol. The molecule has 0 unspecified atom stereocenters. The van der Waals surface area contributed by atoms with Gasteiger partial charge >= 0.3 is 0 Å². The molecule has 0 spiro atoms. The summed E-state index contributed by atoms with van der Waals surface area (Å²) in [6.45, 7) is 0.581. The van der Waals surface area contributed by atoms with Crippen molar-refractivity contribution in [1.82, 2.24) is 5.32 Å². The van der Waals surface area contributed by atoms with Gasteiger partial charge in [-0.25, -0.2) is 0 Å². The maximum absolute atomic E-state index is 12.2. The first-order chi connectivity index (χ1) is 11.0. The molecule has 1 aliphatic heterocycles. The number of carbonyl (C=O) groups excluding carboxylic acids is 2. The molecule has 120 valence electrons. The fourth-order valence-electron chi connectivity index (χ4n) is 2.54. The van der Waals surface area contributed by atoms with Gasteiger partial charge in [0.15, 0.2) is 0 Å². The fourth-order valence-corrected chi connectivity index (χ4v) is 2.93. The number of furan rings is 1.